The zero-order valence-electron chi connectivity index (χ0n) is 12.5. The fraction of sp³-hybridized carbons (Fsp3) is 0.733. The van der Waals surface area contributed by atoms with Gasteiger partial charge in [0.05, 0.1) is 0 Å². The fourth-order valence-electron chi connectivity index (χ4n) is 2.11. The Kier molecular flexibility index (Phi) is 6.27. The Balaban J connectivity index is 2.60. The molecule has 0 atom stereocenters. The van der Waals surface area contributed by atoms with Gasteiger partial charge >= 0.3 is 0 Å². The number of hydrogen-bond donors (Lipinski definition) is 1. The predicted molar refractivity (Wildman–Crippen MR) is 76.9 cm³/mol. The van der Waals surface area contributed by atoms with Crippen LogP contribution in [0.4, 0.5) is 0 Å². The summed E-state index contributed by atoms with van der Waals surface area (Å²) in [4.78, 5) is 9.20. The first-order valence-electron chi connectivity index (χ1n) is 7.08. The van der Waals surface area contributed by atoms with E-state index in [1.165, 1.54) is 5.56 Å². The lowest BCUT2D eigenvalue weighted by Gasteiger charge is -2.12. The Morgan fingerprint density at radius 2 is 1.67 bits per heavy atom. The molecule has 0 amide bonds. The van der Waals surface area contributed by atoms with E-state index in [1.54, 1.807) is 0 Å². The van der Waals surface area contributed by atoms with Gasteiger partial charge in [0, 0.05) is 17.8 Å². The van der Waals surface area contributed by atoms with Crippen LogP contribution in [0, 0.1) is 19.8 Å². The van der Waals surface area contributed by atoms with Crippen LogP contribution in [0.1, 0.15) is 50.0 Å². The molecule has 0 aliphatic heterocycles. The van der Waals surface area contributed by atoms with E-state index in [0.717, 1.165) is 49.6 Å². The Hall–Kier alpha value is -0.960. The second-order valence-corrected chi connectivity index (χ2v) is 5.39. The maximum Gasteiger partial charge on any atom is 0.128 e. The SMILES string of the molecule is CCCc1nc(C)c(CCNCC(C)C)c(C)n1. The minimum atomic E-state index is 0.704. The van der Waals surface area contributed by atoms with Crippen LogP contribution in [-0.4, -0.2) is 23.1 Å². The highest BCUT2D eigenvalue weighted by atomic mass is 14.9. The first kappa shape index (κ1) is 15.1. The molecule has 0 aromatic carbocycles. The number of nitrogens with one attached hydrogen (secondary N) is 1. The van der Waals surface area contributed by atoms with Crippen LogP contribution in [0.15, 0.2) is 0 Å². The number of nitrogens with zero attached hydrogens (tertiary/aromatic N) is 2. The normalized spacial score (nSPS) is 11.2. The van der Waals surface area contributed by atoms with Crippen molar-refractivity contribution in [2.45, 2.75) is 53.9 Å². The molecular weight excluding hydrogens is 222 g/mol. The van der Waals surface area contributed by atoms with Gasteiger partial charge in [0.2, 0.25) is 0 Å². The molecule has 0 saturated heterocycles. The molecule has 0 unspecified atom stereocenters. The van der Waals surface area contributed by atoms with Gasteiger partial charge in [0.25, 0.3) is 0 Å². The van der Waals surface area contributed by atoms with E-state index in [9.17, 15) is 0 Å². The van der Waals surface area contributed by atoms with Gasteiger partial charge in [-0.1, -0.05) is 20.8 Å². The molecule has 3 nitrogen and oxygen atoms in total. The summed E-state index contributed by atoms with van der Waals surface area (Å²) in [5, 5.41) is 3.47. The van der Waals surface area contributed by atoms with Gasteiger partial charge in [-0.25, -0.2) is 9.97 Å². The molecule has 0 fully saturated rings. The molecule has 0 aliphatic carbocycles. The van der Waals surface area contributed by atoms with E-state index in [2.05, 4.69) is 49.9 Å². The lowest BCUT2D eigenvalue weighted by atomic mass is 10.1. The van der Waals surface area contributed by atoms with Gasteiger partial charge in [0.1, 0.15) is 5.82 Å². The molecule has 3 heteroatoms. The Morgan fingerprint density at radius 3 is 2.17 bits per heavy atom. The van der Waals surface area contributed by atoms with Crippen LogP contribution in [-0.2, 0) is 12.8 Å². The molecule has 1 N–H and O–H groups in total. The molecule has 1 aromatic heterocycles. The summed E-state index contributed by atoms with van der Waals surface area (Å²) in [6.45, 7) is 12.9. The zero-order chi connectivity index (χ0) is 13.5. The van der Waals surface area contributed by atoms with Crippen molar-refractivity contribution in [3.05, 3.63) is 22.8 Å². The first-order chi connectivity index (χ1) is 8.54. The quantitative estimate of drug-likeness (QED) is 0.755. The molecular formula is C15H27N3. The second kappa shape index (κ2) is 7.47. The van der Waals surface area contributed by atoms with Crippen LogP contribution in [0.25, 0.3) is 0 Å². The Morgan fingerprint density at radius 1 is 1.06 bits per heavy atom. The van der Waals surface area contributed by atoms with E-state index in [4.69, 9.17) is 0 Å². The third-order valence-corrected chi connectivity index (χ3v) is 3.04. The van der Waals surface area contributed by atoms with Crippen molar-refractivity contribution in [1.82, 2.24) is 15.3 Å². The smallest absolute Gasteiger partial charge is 0.128 e. The van der Waals surface area contributed by atoms with Crippen LogP contribution in [0.3, 0.4) is 0 Å². The van der Waals surface area contributed by atoms with Crippen LogP contribution in [0.2, 0.25) is 0 Å². The van der Waals surface area contributed by atoms with Crippen molar-refractivity contribution in [2.24, 2.45) is 5.92 Å². The molecule has 1 heterocycles. The molecule has 0 saturated carbocycles. The molecule has 18 heavy (non-hydrogen) atoms. The van der Waals surface area contributed by atoms with Crippen LogP contribution in [0.5, 0.6) is 0 Å². The number of rotatable bonds is 7. The number of hydrogen-bond acceptors (Lipinski definition) is 3. The van der Waals surface area contributed by atoms with E-state index >= 15 is 0 Å². The van der Waals surface area contributed by atoms with Gasteiger partial charge in [-0.15, -0.1) is 0 Å². The van der Waals surface area contributed by atoms with Crippen molar-refractivity contribution in [2.75, 3.05) is 13.1 Å². The second-order valence-electron chi connectivity index (χ2n) is 5.39. The molecule has 1 aromatic rings. The van der Waals surface area contributed by atoms with Gasteiger partial charge in [-0.3, -0.25) is 0 Å². The van der Waals surface area contributed by atoms with Crippen LogP contribution < -0.4 is 5.32 Å². The summed E-state index contributed by atoms with van der Waals surface area (Å²) >= 11 is 0. The Bertz CT molecular complexity index is 349. The van der Waals surface area contributed by atoms with E-state index in [1.807, 2.05) is 0 Å². The summed E-state index contributed by atoms with van der Waals surface area (Å²) in [5.41, 5.74) is 3.61. The van der Waals surface area contributed by atoms with Crippen molar-refractivity contribution in [1.29, 1.82) is 0 Å². The highest BCUT2D eigenvalue weighted by Gasteiger charge is 2.07. The minimum absolute atomic E-state index is 0.704. The van der Waals surface area contributed by atoms with E-state index in [0.29, 0.717) is 5.92 Å². The molecule has 0 bridgehead atoms. The van der Waals surface area contributed by atoms with Gasteiger partial charge in [-0.2, -0.15) is 0 Å². The minimum Gasteiger partial charge on any atom is -0.316 e. The summed E-state index contributed by atoms with van der Waals surface area (Å²) in [5.74, 6) is 1.70. The average molecular weight is 249 g/mol. The fourth-order valence-corrected chi connectivity index (χ4v) is 2.11. The topological polar surface area (TPSA) is 37.8 Å². The molecule has 0 aliphatic rings. The molecule has 102 valence electrons. The maximum absolute atomic E-state index is 4.60. The van der Waals surface area contributed by atoms with Crippen molar-refractivity contribution < 1.29 is 0 Å². The third-order valence-electron chi connectivity index (χ3n) is 3.04. The molecule has 0 spiro atoms. The van der Waals surface area contributed by atoms with E-state index in [-0.39, 0.29) is 0 Å². The lowest BCUT2D eigenvalue weighted by Crippen LogP contribution is -2.23. The predicted octanol–water partition coefficient (Wildman–Crippen LogP) is 2.83. The maximum atomic E-state index is 4.60. The number of aryl methyl sites for hydroxylation is 3. The standard InChI is InChI=1S/C15H27N3/c1-6-7-15-17-12(4)14(13(5)18-15)8-9-16-10-11(2)3/h11,16H,6-10H2,1-5H3. The summed E-state index contributed by atoms with van der Waals surface area (Å²) in [6.07, 6.45) is 3.11. The van der Waals surface area contributed by atoms with E-state index < -0.39 is 0 Å². The summed E-state index contributed by atoms with van der Waals surface area (Å²) in [6, 6.07) is 0. The monoisotopic (exact) mass is 249 g/mol. The Labute approximate surface area is 111 Å². The molecule has 1 rings (SSSR count). The highest BCUT2D eigenvalue weighted by molar-refractivity contribution is 5.24. The summed E-state index contributed by atoms with van der Waals surface area (Å²) in [7, 11) is 0. The number of aromatic nitrogens is 2. The average Bonchev–Trinajstić information content (AvgIpc) is 2.27. The third kappa shape index (κ3) is 4.73. The van der Waals surface area contributed by atoms with Crippen molar-refractivity contribution >= 4 is 0 Å². The van der Waals surface area contributed by atoms with Gasteiger partial charge in [0.15, 0.2) is 0 Å². The zero-order valence-corrected chi connectivity index (χ0v) is 12.5. The highest BCUT2D eigenvalue weighted by Crippen LogP contribution is 2.11. The first-order valence-corrected chi connectivity index (χ1v) is 7.08. The largest absolute Gasteiger partial charge is 0.316 e. The van der Waals surface area contributed by atoms with Crippen molar-refractivity contribution in [3.8, 4) is 0 Å². The van der Waals surface area contributed by atoms with Gasteiger partial charge in [-0.05, 0) is 51.3 Å². The lowest BCUT2D eigenvalue weighted by molar-refractivity contribution is 0.552. The summed E-state index contributed by atoms with van der Waals surface area (Å²) < 4.78 is 0. The van der Waals surface area contributed by atoms with Gasteiger partial charge < -0.3 is 5.32 Å². The molecule has 0 radical (unpaired) electrons. The van der Waals surface area contributed by atoms with Crippen molar-refractivity contribution in [3.63, 3.8) is 0 Å². The van der Waals surface area contributed by atoms with Crippen LogP contribution >= 0.6 is 0 Å².